The molecule has 0 saturated heterocycles. The minimum atomic E-state index is -4.11. The highest BCUT2D eigenvalue weighted by Crippen LogP contribution is 2.24. The Balaban J connectivity index is 1.75. The lowest BCUT2D eigenvalue weighted by atomic mass is 10.2. The van der Waals surface area contributed by atoms with Gasteiger partial charge in [-0.3, -0.25) is 9.10 Å². The summed E-state index contributed by atoms with van der Waals surface area (Å²) in [5.74, 6) is -0.709. The Bertz CT molecular complexity index is 1300. The summed E-state index contributed by atoms with van der Waals surface area (Å²) in [6.07, 6.45) is 1.38. The van der Waals surface area contributed by atoms with E-state index in [0.29, 0.717) is 11.3 Å². The smallest absolute Gasteiger partial charge is 0.264 e. The molecule has 0 aliphatic rings. The number of hydrogen-bond donors (Lipinski definition) is 1. The van der Waals surface area contributed by atoms with Gasteiger partial charge in [0.1, 0.15) is 24.2 Å². The number of carbonyl (C=O) groups is 1. The van der Waals surface area contributed by atoms with Gasteiger partial charge in [0.15, 0.2) is 6.61 Å². The van der Waals surface area contributed by atoms with E-state index in [1.165, 1.54) is 30.5 Å². The quantitative estimate of drug-likeness (QED) is 0.373. The molecular weight excluding hydrogens is 459 g/mol. The van der Waals surface area contributed by atoms with Crippen molar-refractivity contribution in [3.63, 3.8) is 0 Å². The van der Waals surface area contributed by atoms with E-state index in [4.69, 9.17) is 10.00 Å². The Morgan fingerprint density at radius 3 is 2.35 bits per heavy atom. The molecule has 0 spiro atoms. The van der Waals surface area contributed by atoms with Gasteiger partial charge < -0.3 is 4.74 Å². The molecule has 1 N–H and O–H groups in total. The zero-order valence-corrected chi connectivity index (χ0v) is 19.0. The van der Waals surface area contributed by atoms with E-state index in [9.17, 15) is 17.6 Å². The molecule has 3 aromatic carbocycles. The van der Waals surface area contributed by atoms with Crippen LogP contribution in [0.15, 0.2) is 82.8 Å². The minimum Gasteiger partial charge on any atom is -0.479 e. The highest BCUT2D eigenvalue weighted by Gasteiger charge is 2.27. The van der Waals surface area contributed by atoms with Crippen LogP contribution in [-0.2, 0) is 14.8 Å². The fraction of sp³-hybridized carbons (Fsp3) is 0.125. The number of nitrogens with one attached hydrogen (secondary N) is 1. The summed E-state index contributed by atoms with van der Waals surface area (Å²) in [6, 6.07) is 19.5. The molecule has 0 atom stereocenters. The molecule has 0 fully saturated rings. The number of rotatable bonds is 9. The summed E-state index contributed by atoms with van der Waals surface area (Å²) in [6.45, 7) is 1.19. The van der Waals surface area contributed by atoms with Crippen LogP contribution in [0.5, 0.6) is 5.75 Å². The first kappa shape index (κ1) is 24.4. The SMILES string of the molecule is Cc1ccc(S(=O)(=O)N(CC(=O)N/N=C\c2ccc(OCC#N)cc2)c2ccc(F)cc2)cc1. The van der Waals surface area contributed by atoms with Gasteiger partial charge in [-0.25, -0.2) is 18.2 Å². The number of nitrogens with zero attached hydrogens (tertiary/aromatic N) is 3. The largest absolute Gasteiger partial charge is 0.479 e. The topological polar surface area (TPSA) is 112 Å². The summed E-state index contributed by atoms with van der Waals surface area (Å²) in [4.78, 5) is 12.5. The number of benzene rings is 3. The number of aryl methyl sites for hydroxylation is 1. The maximum absolute atomic E-state index is 13.4. The lowest BCUT2D eigenvalue weighted by Crippen LogP contribution is -2.39. The third kappa shape index (κ3) is 6.40. The molecule has 0 bridgehead atoms. The van der Waals surface area contributed by atoms with Crippen molar-refractivity contribution in [1.82, 2.24) is 5.43 Å². The third-order valence-electron chi connectivity index (χ3n) is 4.60. The van der Waals surface area contributed by atoms with E-state index in [1.54, 1.807) is 36.4 Å². The van der Waals surface area contributed by atoms with Crippen molar-refractivity contribution in [3.05, 3.63) is 89.7 Å². The van der Waals surface area contributed by atoms with Crippen LogP contribution >= 0.6 is 0 Å². The molecule has 10 heteroatoms. The maximum atomic E-state index is 13.4. The molecule has 8 nitrogen and oxygen atoms in total. The zero-order valence-electron chi connectivity index (χ0n) is 18.2. The molecule has 3 aromatic rings. The average molecular weight is 481 g/mol. The fourth-order valence-electron chi connectivity index (χ4n) is 2.87. The van der Waals surface area contributed by atoms with Crippen molar-refractivity contribution in [3.8, 4) is 11.8 Å². The maximum Gasteiger partial charge on any atom is 0.264 e. The third-order valence-corrected chi connectivity index (χ3v) is 6.39. The van der Waals surface area contributed by atoms with Crippen LogP contribution in [0.2, 0.25) is 0 Å². The van der Waals surface area contributed by atoms with Crippen molar-refractivity contribution in [2.24, 2.45) is 5.10 Å². The van der Waals surface area contributed by atoms with Crippen molar-refractivity contribution in [2.75, 3.05) is 17.5 Å². The molecule has 0 aliphatic carbocycles. The first-order valence-electron chi connectivity index (χ1n) is 10.1. The van der Waals surface area contributed by atoms with Gasteiger partial charge in [0, 0.05) is 0 Å². The number of sulfonamides is 1. The highest BCUT2D eigenvalue weighted by atomic mass is 32.2. The number of anilines is 1. The number of hydrogen-bond acceptors (Lipinski definition) is 6. The second-order valence-corrected chi connectivity index (χ2v) is 8.97. The van der Waals surface area contributed by atoms with Crippen LogP contribution in [0.4, 0.5) is 10.1 Å². The molecule has 0 saturated carbocycles. The van der Waals surface area contributed by atoms with Crippen LogP contribution in [0.25, 0.3) is 0 Å². The van der Waals surface area contributed by atoms with Crippen molar-refractivity contribution in [2.45, 2.75) is 11.8 Å². The number of hydrazone groups is 1. The number of nitriles is 1. The van der Waals surface area contributed by atoms with Gasteiger partial charge in [0.05, 0.1) is 16.8 Å². The molecule has 174 valence electrons. The molecule has 0 aromatic heterocycles. The average Bonchev–Trinajstić information content (AvgIpc) is 2.83. The standard InChI is InChI=1S/C24H21FN4O4S/c1-18-2-12-23(13-3-18)34(31,32)29(21-8-6-20(25)7-9-21)17-24(30)28-27-16-19-4-10-22(11-5-19)33-15-14-26/h2-13,16H,15,17H2,1H3,(H,28,30)/b27-16-. The number of carbonyl (C=O) groups excluding carboxylic acids is 1. The second-order valence-electron chi connectivity index (χ2n) is 7.11. The van der Waals surface area contributed by atoms with Gasteiger partial charge in [-0.05, 0) is 73.2 Å². The summed E-state index contributed by atoms with van der Waals surface area (Å²) in [5, 5.41) is 12.4. The Morgan fingerprint density at radius 2 is 1.74 bits per heavy atom. The van der Waals surface area contributed by atoms with Gasteiger partial charge in [0.25, 0.3) is 15.9 Å². The van der Waals surface area contributed by atoms with E-state index >= 15 is 0 Å². The molecule has 0 aliphatic heterocycles. The number of ether oxygens (including phenoxy) is 1. The van der Waals surface area contributed by atoms with E-state index in [1.807, 2.05) is 13.0 Å². The fourth-order valence-corrected chi connectivity index (χ4v) is 4.29. The normalized spacial score (nSPS) is 11.1. The van der Waals surface area contributed by atoms with E-state index in [2.05, 4.69) is 10.5 Å². The number of halogens is 1. The lowest BCUT2D eigenvalue weighted by Gasteiger charge is -2.23. The Labute approximate surface area is 197 Å². The first-order chi connectivity index (χ1) is 16.3. The molecule has 1 amide bonds. The monoisotopic (exact) mass is 480 g/mol. The van der Waals surface area contributed by atoms with E-state index < -0.39 is 28.3 Å². The zero-order chi connectivity index (χ0) is 24.6. The highest BCUT2D eigenvalue weighted by molar-refractivity contribution is 7.92. The summed E-state index contributed by atoms with van der Waals surface area (Å²) >= 11 is 0. The van der Waals surface area contributed by atoms with Crippen molar-refractivity contribution < 1.29 is 22.3 Å². The van der Waals surface area contributed by atoms with E-state index in [0.717, 1.165) is 22.0 Å². The van der Waals surface area contributed by atoms with Crippen LogP contribution in [-0.4, -0.2) is 33.7 Å². The molecule has 0 heterocycles. The first-order valence-corrected chi connectivity index (χ1v) is 11.5. The predicted octanol–water partition coefficient (Wildman–Crippen LogP) is 3.38. The molecule has 3 rings (SSSR count). The predicted molar refractivity (Wildman–Crippen MR) is 125 cm³/mol. The summed E-state index contributed by atoms with van der Waals surface area (Å²) in [7, 11) is -4.11. The van der Waals surface area contributed by atoms with Crippen molar-refractivity contribution in [1.29, 1.82) is 5.26 Å². The molecular formula is C24H21FN4O4S. The Morgan fingerprint density at radius 1 is 1.09 bits per heavy atom. The second kappa shape index (κ2) is 11.1. The molecule has 0 unspecified atom stereocenters. The molecule has 0 radical (unpaired) electrons. The van der Waals surface area contributed by atoms with Crippen LogP contribution < -0.4 is 14.5 Å². The molecule has 34 heavy (non-hydrogen) atoms. The van der Waals surface area contributed by atoms with Crippen LogP contribution in [0, 0.1) is 24.1 Å². The van der Waals surface area contributed by atoms with Crippen molar-refractivity contribution >= 4 is 27.8 Å². The lowest BCUT2D eigenvalue weighted by molar-refractivity contribution is -0.119. The van der Waals surface area contributed by atoms with E-state index in [-0.39, 0.29) is 17.2 Å². The van der Waals surface area contributed by atoms with Gasteiger partial charge in [0.2, 0.25) is 0 Å². The van der Waals surface area contributed by atoms with Crippen LogP contribution in [0.3, 0.4) is 0 Å². The summed E-state index contributed by atoms with van der Waals surface area (Å²) in [5.41, 5.74) is 3.96. The van der Waals surface area contributed by atoms with Gasteiger partial charge >= 0.3 is 0 Å². The minimum absolute atomic E-state index is 0.00238. The van der Waals surface area contributed by atoms with Gasteiger partial charge in [-0.15, -0.1) is 0 Å². The Hall–Kier alpha value is -4.23. The van der Waals surface area contributed by atoms with Crippen LogP contribution in [0.1, 0.15) is 11.1 Å². The summed E-state index contributed by atoms with van der Waals surface area (Å²) < 4.78 is 46.0. The Kier molecular flexibility index (Phi) is 7.95. The number of amides is 1. The van der Waals surface area contributed by atoms with Gasteiger partial charge in [-0.1, -0.05) is 17.7 Å². The van der Waals surface area contributed by atoms with Gasteiger partial charge in [-0.2, -0.15) is 10.4 Å².